The van der Waals surface area contributed by atoms with E-state index in [1.165, 1.54) is 12.6 Å². The van der Waals surface area contributed by atoms with Gasteiger partial charge in [-0.3, -0.25) is 14.6 Å². The zero-order chi connectivity index (χ0) is 14.8. The highest BCUT2D eigenvalue weighted by Gasteiger charge is 2.31. The highest BCUT2D eigenvalue weighted by Crippen LogP contribution is 2.25. The average molecular weight is 292 g/mol. The van der Waals surface area contributed by atoms with Crippen molar-refractivity contribution in [1.82, 2.24) is 20.2 Å². The largest absolute Gasteiger partial charge is 0.338 e. The van der Waals surface area contributed by atoms with Gasteiger partial charge in [0.05, 0.1) is 0 Å². The lowest BCUT2D eigenvalue weighted by atomic mass is 9.89. The maximum absolute atomic E-state index is 12.5. The summed E-state index contributed by atoms with van der Waals surface area (Å²) in [5, 5.41) is 3.49. The first kappa shape index (κ1) is 14.1. The minimum atomic E-state index is -0.620. The van der Waals surface area contributed by atoms with Gasteiger partial charge in [-0.1, -0.05) is 0 Å². The van der Waals surface area contributed by atoms with Crippen LogP contribution in [0.25, 0.3) is 0 Å². The number of rotatable bonds is 2. The number of aromatic nitrogens is 2. The van der Waals surface area contributed by atoms with Crippen molar-refractivity contribution in [3.63, 3.8) is 0 Å². The number of nitrogens with zero attached hydrogens (tertiary/aromatic N) is 1. The van der Waals surface area contributed by atoms with Gasteiger partial charge >= 0.3 is 5.69 Å². The second kappa shape index (κ2) is 5.85. The SMILES string of the molecule is O=C(c1c[nH]c(=O)[nH]c1=O)N1CCCC(C2CCCN2)C1. The van der Waals surface area contributed by atoms with Crippen LogP contribution in [0.4, 0.5) is 0 Å². The van der Waals surface area contributed by atoms with Gasteiger partial charge in [-0.05, 0) is 38.1 Å². The zero-order valence-corrected chi connectivity index (χ0v) is 11.9. The van der Waals surface area contributed by atoms with Crippen LogP contribution in [0.3, 0.4) is 0 Å². The van der Waals surface area contributed by atoms with Gasteiger partial charge in [-0.25, -0.2) is 4.79 Å². The molecule has 21 heavy (non-hydrogen) atoms. The van der Waals surface area contributed by atoms with Crippen LogP contribution in [0.1, 0.15) is 36.0 Å². The van der Waals surface area contributed by atoms with Gasteiger partial charge in [-0.15, -0.1) is 0 Å². The van der Waals surface area contributed by atoms with Crippen LogP contribution in [0, 0.1) is 5.92 Å². The number of hydrogen-bond acceptors (Lipinski definition) is 4. The van der Waals surface area contributed by atoms with E-state index < -0.39 is 11.2 Å². The first-order chi connectivity index (χ1) is 10.1. The number of carbonyl (C=O) groups is 1. The fraction of sp³-hybridized carbons (Fsp3) is 0.643. The van der Waals surface area contributed by atoms with E-state index in [0.717, 1.165) is 25.8 Å². The molecule has 114 valence electrons. The molecule has 1 aromatic heterocycles. The van der Waals surface area contributed by atoms with Gasteiger partial charge in [0.2, 0.25) is 0 Å². The number of hydrogen-bond donors (Lipinski definition) is 3. The lowest BCUT2D eigenvalue weighted by molar-refractivity contribution is 0.0648. The van der Waals surface area contributed by atoms with Crippen LogP contribution in [-0.4, -0.2) is 46.5 Å². The Hall–Kier alpha value is -1.89. The average Bonchev–Trinajstić information content (AvgIpc) is 3.01. The summed E-state index contributed by atoms with van der Waals surface area (Å²) in [6.45, 7) is 2.39. The molecule has 2 aliphatic rings. The summed E-state index contributed by atoms with van der Waals surface area (Å²) in [6, 6.07) is 0.481. The molecular formula is C14H20N4O3. The number of carbonyl (C=O) groups excluding carboxylic acids is 1. The number of likely N-dealkylation sites (tertiary alicyclic amines) is 1. The number of amides is 1. The summed E-state index contributed by atoms with van der Waals surface area (Å²) in [4.78, 5) is 41.4. The molecule has 2 aliphatic heterocycles. The Morgan fingerprint density at radius 1 is 1.24 bits per heavy atom. The summed E-state index contributed by atoms with van der Waals surface area (Å²) < 4.78 is 0. The lowest BCUT2D eigenvalue weighted by Crippen LogP contribution is -2.47. The van der Waals surface area contributed by atoms with Crippen molar-refractivity contribution in [3.8, 4) is 0 Å². The van der Waals surface area contributed by atoms with E-state index in [-0.39, 0.29) is 11.5 Å². The first-order valence-electron chi connectivity index (χ1n) is 7.50. The van der Waals surface area contributed by atoms with Crippen LogP contribution in [-0.2, 0) is 0 Å². The molecule has 3 N–H and O–H groups in total. The molecule has 7 nitrogen and oxygen atoms in total. The second-order valence-electron chi connectivity index (χ2n) is 5.84. The third-order valence-corrected chi connectivity index (χ3v) is 4.46. The van der Waals surface area contributed by atoms with Crippen molar-refractivity contribution in [2.75, 3.05) is 19.6 Å². The quantitative estimate of drug-likeness (QED) is 0.695. The Balaban J connectivity index is 1.74. The van der Waals surface area contributed by atoms with Crippen molar-refractivity contribution in [1.29, 1.82) is 0 Å². The predicted octanol–water partition coefficient (Wildman–Crippen LogP) is -0.333. The third-order valence-electron chi connectivity index (χ3n) is 4.46. The maximum Gasteiger partial charge on any atom is 0.325 e. The Morgan fingerprint density at radius 2 is 2.10 bits per heavy atom. The number of aromatic amines is 2. The standard InChI is InChI=1S/C14H20N4O3/c19-12-10(7-16-14(21)17-12)13(20)18-6-2-3-9(8-18)11-4-1-5-15-11/h7,9,11,15H,1-6,8H2,(H2,16,17,19,21). The van der Waals surface area contributed by atoms with E-state index in [4.69, 9.17) is 0 Å². The summed E-state index contributed by atoms with van der Waals surface area (Å²) in [5.74, 6) is 0.155. The topological polar surface area (TPSA) is 98.1 Å². The monoisotopic (exact) mass is 292 g/mol. The van der Waals surface area contributed by atoms with Gasteiger partial charge in [0.25, 0.3) is 11.5 Å². The van der Waals surface area contributed by atoms with Crippen molar-refractivity contribution >= 4 is 5.91 Å². The second-order valence-corrected chi connectivity index (χ2v) is 5.84. The summed E-state index contributed by atoms with van der Waals surface area (Å²) in [6.07, 6.45) is 5.63. The summed E-state index contributed by atoms with van der Waals surface area (Å²) in [5.41, 5.74) is -1.21. The molecule has 7 heteroatoms. The lowest BCUT2D eigenvalue weighted by Gasteiger charge is -2.35. The number of H-pyrrole nitrogens is 2. The molecule has 0 spiro atoms. The van der Waals surface area contributed by atoms with Crippen LogP contribution < -0.4 is 16.6 Å². The van der Waals surface area contributed by atoms with Gasteiger partial charge in [0, 0.05) is 25.3 Å². The van der Waals surface area contributed by atoms with Crippen molar-refractivity contribution < 1.29 is 4.79 Å². The maximum atomic E-state index is 12.5. The molecule has 0 bridgehead atoms. The highest BCUT2D eigenvalue weighted by molar-refractivity contribution is 5.93. The molecule has 0 aliphatic carbocycles. The smallest absolute Gasteiger partial charge is 0.325 e. The molecule has 1 aromatic rings. The van der Waals surface area contributed by atoms with E-state index in [9.17, 15) is 14.4 Å². The van der Waals surface area contributed by atoms with Crippen LogP contribution in [0.5, 0.6) is 0 Å². The Morgan fingerprint density at radius 3 is 2.81 bits per heavy atom. The van der Waals surface area contributed by atoms with Crippen molar-refractivity contribution in [3.05, 3.63) is 32.6 Å². The Kier molecular flexibility index (Phi) is 3.92. The first-order valence-corrected chi connectivity index (χ1v) is 7.50. The molecular weight excluding hydrogens is 272 g/mol. The van der Waals surface area contributed by atoms with Crippen LogP contribution in [0.15, 0.2) is 15.8 Å². The van der Waals surface area contributed by atoms with Gasteiger partial charge in [-0.2, -0.15) is 0 Å². The Bertz CT molecular complexity index is 630. The van der Waals surface area contributed by atoms with Crippen LogP contribution >= 0.6 is 0 Å². The predicted molar refractivity (Wildman–Crippen MR) is 77.3 cm³/mol. The third kappa shape index (κ3) is 2.92. The molecule has 0 radical (unpaired) electrons. The molecule has 2 atom stereocenters. The van der Waals surface area contributed by atoms with Gasteiger partial charge in [0.15, 0.2) is 0 Å². The molecule has 1 amide bonds. The highest BCUT2D eigenvalue weighted by atomic mass is 16.2. The zero-order valence-electron chi connectivity index (χ0n) is 11.9. The summed E-state index contributed by atoms with van der Waals surface area (Å²) in [7, 11) is 0. The van der Waals surface area contributed by atoms with Gasteiger partial charge in [0.1, 0.15) is 5.56 Å². The fourth-order valence-electron chi connectivity index (χ4n) is 3.38. The number of piperidine rings is 1. The molecule has 3 rings (SSSR count). The minimum Gasteiger partial charge on any atom is -0.338 e. The minimum absolute atomic E-state index is 0.00892. The molecule has 3 heterocycles. The van der Waals surface area contributed by atoms with E-state index >= 15 is 0 Å². The normalized spacial score (nSPS) is 26.0. The van der Waals surface area contributed by atoms with E-state index in [1.807, 2.05) is 0 Å². The van der Waals surface area contributed by atoms with E-state index in [1.54, 1.807) is 4.90 Å². The van der Waals surface area contributed by atoms with Crippen LogP contribution in [0.2, 0.25) is 0 Å². The molecule has 2 saturated heterocycles. The van der Waals surface area contributed by atoms with E-state index in [0.29, 0.717) is 25.0 Å². The van der Waals surface area contributed by atoms with Crippen molar-refractivity contribution in [2.24, 2.45) is 5.92 Å². The molecule has 2 fully saturated rings. The number of nitrogens with one attached hydrogen (secondary N) is 3. The van der Waals surface area contributed by atoms with Gasteiger partial charge < -0.3 is 15.2 Å². The van der Waals surface area contributed by atoms with E-state index in [2.05, 4.69) is 15.3 Å². The Labute approximate surface area is 121 Å². The summed E-state index contributed by atoms with van der Waals surface area (Å²) >= 11 is 0. The molecule has 0 saturated carbocycles. The van der Waals surface area contributed by atoms with Crippen molar-refractivity contribution in [2.45, 2.75) is 31.7 Å². The molecule has 2 unspecified atom stereocenters. The molecule has 0 aromatic carbocycles. The fourth-order valence-corrected chi connectivity index (χ4v) is 3.38.